The molecule has 28 heavy (non-hydrogen) atoms. The van der Waals surface area contributed by atoms with Gasteiger partial charge >= 0.3 is 0 Å². The number of fused-ring (bicyclic) bond motifs is 1. The highest BCUT2D eigenvalue weighted by Crippen LogP contribution is 2.44. The number of hydrogen-bond acceptors (Lipinski definition) is 3. The molecule has 6 heteroatoms. The van der Waals surface area contributed by atoms with Crippen LogP contribution in [-0.4, -0.2) is 32.7 Å². The van der Waals surface area contributed by atoms with Crippen LogP contribution in [0.5, 0.6) is 0 Å². The van der Waals surface area contributed by atoms with E-state index in [2.05, 4.69) is 52.9 Å². The predicted octanol–water partition coefficient (Wildman–Crippen LogP) is 4.52. The summed E-state index contributed by atoms with van der Waals surface area (Å²) in [5, 5.41) is 0. The lowest BCUT2D eigenvalue weighted by Gasteiger charge is -2.44. The molecule has 0 aromatic heterocycles. The molecule has 4 rings (SSSR count). The highest BCUT2D eigenvalue weighted by Gasteiger charge is 2.41. The third-order valence-electron chi connectivity index (χ3n) is 6.26. The van der Waals surface area contributed by atoms with Gasteiger partial charge in [0.2, 0.25) is 10.0 Å². The molecule has 1 aliphatic carbocycles. The number of nitrogens with zero attached hydrogens (tertiary/aromatic N) is 1. The molecule has 2 atom stereocenters. The maximum absolute atomic E-state index is 11.6. The van der Waals surface area contributed by atoms with E-state index in [1.54, 1.807) is 0 Å². The lowest BCUT2D eigenvalue weighted by molar-refractivity contribution is 0.111. The van der Waals surface area contributed by atoms with Crippen LogP contribution in [0.25, 0.3) is 0 Å². The standard InChI is InChI=1S/C22H28N2O2S.ClH/c1-22(24-14-12-19(16-24)17-7-4-3-5-8-17)13-6-9-18-15-20(10-11-21(18)22)23-27(2,25)26;/h3-5,7-8,10-11,15,19,23H,6,9,12-14,16H2,1-2H3;1H. The predicted molar refractivity (Wildman–Crippen MR) is 118 cm³/mol. The monoisotopic (exact) mass is 420 g/mol. The first kappa shape index (κ1) is 21.2. The molecule has 1 saturated heterocycles. The summed E-state index contributed by atoms with van der Waals surface area (Å²) >= 11 is 0. The van der Waals surface area contributed by atoms with E-state index in [1.807, 2.05) is 12.1 Å². The Kier molecular flexibility index (Phi) is 6.08. The van der Waals surface area contributed by atoms with Crippen molar-refractivity contribution in [2.24, 2.45) is 0 Å². The fourth-order valence-electron chi connectivity index (χ4n) is 4.90. The SMILES string of the molecule is CC1(N2CCC(c3ccccc3)C2)CCCc2cc(NS(C)(=O)=O)ccc21.Cl. The summed E-state index contributed by atoms with van der Waals surface area (Å²) in [6.07, 6.45) is 5.70. The maximum atomic E-state index is 11.6. The molecule has 0 spiro atoms. The molecule has 1 aliphatic heterocycles. The minimum atomic E-state index is -3.25. The molecule has 2 aromatic rings. The molecule has 0 saturated carbocycles. The molecule has 0 bridgehead atoms. The smallest absolute Gasteiger partial charge is 0.229 e. The summed E-state index contributed by atoms with van der Waals surface area (Å²) in [6.45, 7) is 4.56. The lowest BCUT2D eigenvalue weighted by atomic mass is 9.76. The molecule has 1 fully saturated rings. The van der Waals surface area contributed by atoms with E-state index in [0.29, 0.717) is 11.6 Å². The number of sulfonamides is 1. The fourth-order valence-corrected chi connectivity index (χ4v) is 5.45. The number of hydrogen-bond donors (Lipinski definition) is 1. The van der Waals surface area contributed by atoms with Gasteiger partial charge in [0.15, 0.2) is 0 Å². The Morgan fingerprint density at radius 3 is 2.61 bits per heavy atom. The minimum absolute atomic E-state index is 0. The first-order chi connectivity index (χ1) is 12.9. The van der Waals surface area contributed by atoms with Crippen molar-refractivity contribution in [3.63, 3.8) is 0 Å². The van der Waals surface area contributed by atoms with Gasteiger partial charge in [0.05, 0.1) is 6.26 Å². The molecule has 4 nitrogen and oxygen atoms in total. The molecule has 2 aliphatic rings. The third-order valence-corrected chi connectivity index (χ3v) is 6.86. The largest absolute Gasteiger partial charge is 0.293 e. The topological polar surface area (TPSA) is 49.4 Å². The van der Waals surface area contributed by atoms with E-state index in [4.69, 9.17) is 0 Å². The van der Waals surface area contributed by atoms with Gasteiger partial charge in [0, 0.05) is 17.8 Å². The second kappa shape index (κ2) is 8.05. The molecular weight excluding hydrogens is 392 g/mol. The van der Waals surface area contributed by atoms with Crippen molar-refractivity contribution in [1.29, 1.82) is 0 Å². The van der Waals surface area contributed by atoms with Crippen LogP contribution >= 0.6 is 12.4 Å². The number of halogens is 1. The van der Waals surface area contributed by atoms with Crippen LogP contribution in [0, 0.1) is 0 Å². The molecule has 2 unspecified atom stereocenters. The van der Waals surface area contributed by atoms with Gasteiger partial charge in [-0.25, -0.2) is 8.42 Å². The molecule has 0 radical (unpaired) electrons. The van der Waals surface area contributed by atoms with Crippen LogP contribution in [0.2, 0.25) is 0 Å². The van der Waals surface area contributed by atoms with E-state index in [0.717, 1.165) is 32.4 Å². The quantitative estimate of drug-likeness (QED) is 0.790. The van der Waals surface area contributed by atoms with Crippen LogP contribution in [0.3, 0.4) is 0 Å². The van der Waals surface area contributed by atoms with Crippen LogP contribution in [-0.2, 0) is 22.0 Å². The van der Waals surface area contributed by atoms with Gasteiger partial charge in [-0.3, -0.25) is 9.62 Å². The number of likely N-dealkylation sites (tertiary alicyclic amines) is 1. The third kappa shape index (κ3) is 4.22. The van der Waals surface area contributed by atoms with E-state index < -0.39 is 10.0 Å². The first-order valence-corrected chi connectivity index (χ1v) is 11.7. The second-order valence-electron chi connectivity index (χ2n) is 8.22. The first-order valence-electron chi connectivity index (χ1n) is 9.76. The summed E-state index contributed by atoms with van der Waals surface area (Å²) in [4.78, 5) is 2.65. The highest BCUT2D eigenvalue weighted by atomic mass is 35.5. The molecule has 152 valence electrons. The van der Waals surface area contributed by atoms with Crippen molar-refractivity contribution in [3.05, 3.63) is 65.2 Å². The van der Waals surface area contributed by atoms with E-state index in [-0.39, 0.29) is 17.9 Å². The van der Waals surface area contributed by atoms with Crippen molar-refractivity contribution in [1.82, 2.24) is 4.90 Å². The highest BCUT2D eigenvalue weighted by molar-refractivity contribution is 7.92. The summed E-state index contributed by atoms with van der Waals surface area (Å²) in [5.41, 5.74) is 4.78. The van der Waals surface area contributed by atoms with Gasteiger partial charge in [-0.2, -0.15) is 0 Å². The van der Waals surface area contributed by atoms with Gasteiger partial charge in [0.25, 0.3) is 0 Å². The summed E-state index contributed by atoms with van der Waals surface area (Å²) in [5.74, 6) is 0.597. The number of nitrogens with one attached hydrogen (secondary N) is 1. The number of aryl methyl sites for hydroxylation is 1. The van der Waals surface area contributed by atoms with E-state index >= 15 is 0 Å². The Morgan fingerprint density at radius 1 is 1.14 bits per heavy atom. The van der Waals surface area contributed by atoms with Crippen molar-refractivity contribution in [3.8, 4) is 0 Å². The average molecular weight is 421 g/mol. The molecule has 0 amide bonds. The molecule has 2 aromatic carbocycles. The van der Waals surface area contributed by atoms with Crippen molar-refractivity contribution < 1.29 is 8.42 Å². The van der Waals surface area contributed by atoms with Crippen LogP contribution in [0.4, 0.5) is 5.69 Å². The zero-order valence-corrected chi connectivity index (χ0v) is 18.2. The van der Waals surface area contributed by atoms with Gasteiger partial charge in [-0.1, -0.05) is 36.4 Å². The number of rotatable bonds is 4. The Balaban J connectivity index is 0.00000225. The molecule has 1 heterocycles. The Hall–Kier alpha value is -1.56. The summed E-state index contributed by atoms with van der Waals surface area (Å²) < 4.78 is 25.7. The van der Waals surface area contributed by atoms with Crippen molar-refractivity contribution in [2.45, 2.75) is 44.1 Å². The zero-order chi connectivity index (χ0) is 19.1. The average Bonchev–Trinajstić information content (AvgIpc) is 3.12. The number of anilines is 1. The minimum Gasteiger partial charge on any atom is -0.293 e. The van der Waals surface area contributed by atoms with Gasteiger partial charge in [0.1, 0.15) is 0 Å². The second-order valence-corrected chi connectivity index (χ2v) is 9.96. The maximum Gasteiger partial charge on any atom is 0.229 e. The van der Waals surface area contributed by atoms with E-state index in [1.165, 1.54) is 29.4 Å². The Morgan fingerprint density at radius 2 is 1.89 bits per heavy atom. The lowest BCUT2D eigenvalue weighted by Crippen LogP contribution is -2.44. The Bertz CT molecular complexity index is 933. The van der Waals surface area contributed by atoms with Crippen LogP contribution in [0.1, 0.15) is 48.8 Å². The molecular formula is C22H29ClN2O2S. The summed E-state index contributed by atoms with van der Waals surface area (Å²) in [6, 6.07) is 16.9. The van der Waals surface area contributed by atoms with Crippen molar-refractivity contribution in [2.75, 3.05) is 24.1 Å². The fraction of sp³-hybridized carbons (Fsp3) is 0.455. The van der Waals surface area contributed by atoms with Gasteiger partial charge in [-0.15, -0.1) is 12.4 Å². The normalized spacial score (nSPS) is 25.0. The van der Waals surface area contributed by atoms with Gasteiger partial charge in [-0.05, 0) is 73.9 Å². The Labute approximate surface area is 174 Å². The molecule has 1 N–H and O–H groups in total. The zero-order valence-electron chi connectivity index (χ0n) is 16.5. The van der Waals surface area contributed by atoms with Crippen molar-refractivity contribution >= 4 is 28.1 Å². The van der Waals surface area contributed by atoms with Crippen LogP contribution < -0.4 is 4.72 Å². The summed E-state index contributed by atoms with van der Waals surface area (Å²) in [7, 11) is -3.25. The number of benzene rings is 2. The van der Waals surface area contributed by atoms with Gasteiger partial charge < -0.3 is 0 Å². The van der Waals surface area contributed by atoms with Crippen LogP contribution in [0.15, 0.2) is 48.5 Å². The van der Waals surface area contributed by atoms with E-state index in [9.17, 15) is 8.42 Å².